The second-order valence-electron chi connectivity index (χ2n) is 6.12. The SMILES string of the molecule is C=CCn1c(=O)n(CC=C)c(=O)n(Cc2nc(-c3ccccc3)oc2C)c1=O. The first-order valence-electron chi connectivity index (χ1n) is 8.66. The Morgan fingerprint density at radius 3 is 2.00 bits per heavy atom. The quantitative estimate of drug-likeness (QED) is 0.580. The van der Waals surface area contributed by atoms with Crippen molar-refractivity contribution in [1.29, 1.82) is 0 Å². The fourth-order valence-electron chi connectivity index (χ4n) is 2.82. The molecule has 0 amide bonds. The van der Waals surface area contributed by atoms with Crippen molar-refractivity contribution in [3.05, 3.63) is 98.5 Å². The number of hydrogen-bond donors (Lipinski definition) is 0. The van der Waals surface area contributed by atoms with E-state index in [9.17, 15) is 14.4 Å². The van der Waals surface area contributed by atoms with Crippen LogP contribution in [0.2, 0.25) is 0 Å². The molecule has 28 heavy (non-hydrogen) atoms. The van der Waals surface area contributed by atoms with E-state index in [0.717, 1.165) is 19.3 Å². The Labute approximate surface area is 160 Å². The van der Waals surface area contributed by atoms with E-state index in [2.05, 4.69) is 18.1 Å². The van der Waals surface area contributed by atoms with Gasteiger partial charge in [-0.3, -0.25) is 0 Å². The summed E-state index contributed by atoms with van der Waals surface area (Å²) in [7, 11) is 0. The van der Waals surface area contributed by atoms with Crippen LogP contribution >= 0.6 is 0 Å². The summed E-state index contributed by atoms with van der Waals surface area (Å²) in [6.45, 7) is 8.69. The molecule has 0 radical (unpaired) electrons. The average Bonchev–Trinajstić information content (AvgIpc) is 3.07. The second-order valence-corrected chi connectivity index (χ2v) is 6.12. The fourth-order valence-corrected chi connectivity index (χ4v) is 2.82. The molecular weight excluding hydrogens is 360 g/mol. The third-order valence-electron chi connectivity index (χ3n) is 4.23. The summed E-state index contributed by atoms with van der Waals surface area (Å²) in [6.07, 6.45) is 2.84. The smallest absolute Gasteiger partial charge is 0.336 e. The first-order chi connectivity index (χ1) is 13.5. The van der Waals surface area contributed by atoms with Crippen LogP contribution in [0.3, 0.4) is 0 Å². The molecule has 144 valence electrons. The topological polar surface area (TPSA) is 92.0 Å². The Balaban J connectivity index is 2.13. The summed E-state index contributed by atoms with van der Waals surface area (Å²) in [6, 6.07) is 9.30. The van der Waals surface area contributed by atoms with E-state index in [1.807, 2.05) is 30.3 Å². The lowest BCUT2D eigenvalue weighted by Gasteiger charge is -2.11. The first kappa shape index (κ1) is 19.1. The number of oxazole rings is 1. The van der Waals surface area contributed by atoms with Gasteiger partial charge in [0, 0.05) is 5.56 Å². The Bertz CT molecular complexity index is 1150. The molecular formula is C20H20N4O4. The molecule has 1 aromatic carbocycles. The first-order valence-corrected chi connectivity index (χ1v) is 8.66. The van der Waals surface area contributed by atoms with Crippen LogP contribution in [0.1, 0.15) is 11.5 Å². The van der Waals surface area contributed by atoms with Gasteiger partial charge in [-0.25, -0.2) is 33.1 Å². The zero-order valence-electron chi connectivity index (χ0n) is 15.5. The minimum Gasteiger partial charge on any atom is -0.441 e. The van der Waals surface area contributed by atoms with Crippen LogP contribution in [-0.2, 0) is 19.6 Å². The van der Waals surface area contributed by atoms with Crippen LogP contribution in [0.5, 0.6) is 0 Å². The van der Waals surface area contributed by atoms with Gasteiger partial charge in [0.25, 0.3) is 0 Å². The van der Waals surface area contributed by atoms with E-state index in [1.54, 1.807) is 6.92 Å². The summed E-state index contributed by atoms with van der Waals surface area (Å²) in [5.74, 6) is 0.883. The van der Waals surface area contributed by atoms with Crippen molar-refractivity contribution in [3.8, 4) is 11.5 Å². The highest BCUT2D eigenvalue weighted by atomic mass is 16.4. The average molecular weight is 380 g/mol. The van der Waals surface area contributed by atoms with Gasteiger partial charge < -0.3 is 4.42 Å². The van der Waals surface area contributed by atoms with Gasteiger partial charge in [0.1, 0.15) is 11.5 Å². The molecule has 0 N–H and O–H groups in total. The number of allylic oxidation sites excluding steroid dienone is 2. The number of benzene rings is 1. The number of rotatable bonds is 7. The van der Waals surface area contributed by atoms with Crippen molar-refractivity contribution in [2.24, 2.45) is 0 Å². The fraction of sp³-hybridized carbons (Fsp3) is 0.200. The molecule has 3 aromatic rings. The molecule has 0 saturated heterocycles. The molecule has 2 heterocycles. The van der Waals surface area contributed by atoms with E-state index < -0.39 is 17.1 Å². The second kappa shape index (κ2) is 7.91. The van der Waals surface area contributed by atoms with Crippen LogP contribution < -0.4 is 17.1 Å². The molecule has 0 atom stereocenters. The van der Waals surface area contributed by atoms with Gasteiger partial charge >= 0.3 is 17.1 Å². The van der Waals surface area contributed by atoms with Crippen LogP contribution in [0.15, 0.2) is 74.4 Å². The molecule has 0 fully saturated rings. The summed E-state index contributed by atoms with van der Waals surface area (Å²) < 4.78 is 8.56. The van der Waals surface area contributed by atoms with Crippen molar-refractivity contribution < 1.29 is 4.42 Å². The Kier molecular flexibility index (Phi) is 5.39. The Morgan fingerprint density at radius 2 is 1.46 bits per heavy atom. The lowest BCUT2D eigenvalue weighted by atomic mass is 10.2. The van der Waals surface area contributed by atoms with Crippen molar-refractivity contribution >= 4 is 0 Å². The zero-order chi connectivity index (χ0) is 20.3. The van der Waals surface area contributed by atoms with Crippen LogP contribution in [0.4, 0.5) is 0 Å². The van der Waals surface area contributed by atoms with Crippen molar-refractivity contribution in [1.82, 2.24) is 18.7 Å². The highest BCUT2D eigenvalue weighted by Gasteiger charge is 2.18. The van der Waals surface area contributed by atoms with Crippen LogP contribution in [-0.4, -0.2) is 18.7 Å². The minimum atomic E-state index is -0.723. The van der Waals surface area contributed by atoms with E-state index in [1.165, 1.54) is 12.2 Å². The van der Waals surface area contributed by atoms with Gasteiger partial charge in [-0.15, -0.1) is 13.2 Å². The number of aryl methyl sites for hydroxylation is 1. The molecule has 8 heteroatoms. The molecule has 0 spiro atoms. The maximum Gasteiger partial charge on any atom is 0.336 e. The lowest BCUT2D eigenvalue weighted by molar-refractivity contribution is 0.491. The summed E-state index contributed by atoms with van der Waals surface area (Å²) in [4.78, 5) is 42.3. The molecule has 0 saturated carbocycles. The third-order valence-corrected chi connectivity index (χ3v) is 4.23. The van der Waals surface area contributed by atoms with Crippen molar-refractivity contribution in [3.63, 3.8) is 0 Å². The highest BCUT2D eigenvalue weighted by molar-refractivity contribution is 5.53. The van der Waals surface area contributed by atoms with E-state index in [4.69, 9.17) is 4.42 Å². The van der Waals surface area contributed by atoms with Gasteiger partial charge in [0.15, 0.2) is 0 Å². The number of nitrogens with zero attached hydrogens (tertiary/aromatic N) is 4. The predicted octanol–water partition coefficient (Wildman–Crippen LogP) is 1.56. The Hall–Kier alpha value is -3.68. The molecule has 8 nitrogen and oxygen atoms in total. The summed E-state index contributed by atoms with van der Waals surface area (Å²) in [5, 5.41) is 0. The van der Waals surface area contributed by atoms with Gasteiger partial charge in [-0.05, 0) is 19.1 Å². The van der Waals surface area contributed by atoms with Crippen molar-refractivity contribution in [2.75, 3.05) is 0 Å². The largest absolute Gasteiger partial charge is 0.441 e. The van der Waals surface area contributed by atoms with Crippen LogP contribution in [0, 0.1) is 6.92 Å². The van der Waals surface area contributed by atoms with Crippen molar-refractivity contribution in [2.45, 2.75) is 26.6 Å². The maximum absolute atomic E-state index is 12.7. The van der Waals surface area contributed by atoms with Gasteiger partial charge in [0.2, 0.25) is 5.89 Å². The van der Waals surface area contributed by atoms with E-state index in [-0.39, 0.29) is 19.6 Å². The molecule has 2 aromatic heterocycles. The Morgan fingerprint density at radius 1 is 0.929 bits per heavy atom. The summed E-state index contributed by atoms with van der Waals surface area (Å²) >= 11 is 0. The normalized spacial score (nSPS) is 10.8. The minimum absolute atomic E-state index is 0.0118. The standard InChI is InChI=1S/C20H20N4O4/c1-4-11-22-18(25)23(12-5-2)20(27)24(19(22)26)13-16-14(3)28-17(21-16)15-9-7-6-8-10-15/h4-10H,1-2,11-13H2,3H3. The summed E-state index contributed by atoms with van der Waals surface area (Å²) in [5.41, 5.74) is -0.928. The highest BCUT2D eigenvalue weighted by Crippen LogP contribution is 2.21. The monoisotopic (exact) mass is 380 g/mol. The van der Waals surface area contributed by atoms with Gasteiger partial charge in [-0.2, -0.15) is 0 Å². The molecule has 0 unspecified atom stereocenters. The predicted molar refractivity (Wildman–Crippen MR) is 105 cm³/mol. The molecule has 0 aliphatic carbocycles. The molecule has 0 aliphatic heterocycles. The molecule has 0 bridgehead atoms. The van der Waals surface area contributed by atoms with Gasteiger partial charge in [-0.1, -0.05) is 30.4 Å². The number of hydrogen-bond acceptors (Lipinski definition) is 5. The van der Waals surface area contributed by atoms with Crippen LogP contribution in [0.25, 0.3) is 11.5 Å². The number of aromatic nitrogens is 4. The zero-order valence-corrected chi connectivity index (χ0v) is 15.5. The van der Waals surface area contributed by atoms with E-state index >= 15 is 0 Å². The molecule has 3 rings (SSSR count). The van der Waals surface area contributed by atoms with E-state index in [0.29, 0.717) is 17.3 Å². The maximum atomic E-state index is 12.7. The van der Waals surface area contributed by atoms with Gasteiger partial charge in [0.05, 0.1) is 19.6 Å². The molecule has 0 aliphatic rings. The lowest BCUT2D eigenvalue weighted by Crippen LogP contribution is -2.54. The third kappa shape index (κ3) is 3.44.